The van der Waals surface area contributed by atoms with Crippen molar-refractivity contribution in [3.05, 3.63) is 53.6 Å². The number of rotatable bonds is 0. The fraction of sp³-hybridized carbons (Fsp3) is 0.417. The van der Waals surface area contributed by atoms with Crippen LogP contribution in [0.2, 0.25) is 0 Å². The van der Waals surface area contributed by atoms with Gasteiger partial charge in [-0.2, -0.15) is 13.2 Å². The highest BCUT2D eigenvalue weighted by Gasteiger charge is 2.33. The summed E-state index contributed by atoms with van der Waals surface area (Å²) in [7, 11) is 0. The Morgan fingerprint density at radius 1 is 1.00 bits per heavy atom. The molecule has 2 amide bonds. The van der Waals surface area contributed by atoms with Gasteiger partial charge >= 0.3 is 12.2 Å². The van der Waals surface area contributed by atoms with E-state index in [9.17, 15) is 18.0 Å². The molecule has 33 heavy (non-hydrogen) atoms. The van der Waals surface area contributed by atoms with Gasteiger partial charge in [0.25, 0.3) is 0 Å². The topological polar surface area (TPSA) is 57.2 Å². The lowest BCUT2D eigenvalue weighted by Gasteiger charge is -2.28. The number of aliphatic imine (C=N–C) groups is 1. The summed E-state index contributed by atoms with van der Waals surface area (Å²) in [4.78, 5) is 21.1. The van der Waals surface area contributed by atoms with Gasteiger partial charge in [-0.3, -0.25) is 0 Å². The second-order valence-electron chi connectivity index (χ2n) is 9.22. The smallest absolute Gasteiger partial charge is 0.416 e. The van der Waals surface area contributed by atoms with Gasteiger partial charge in [0, 0.05) is 31.7 Å². The fourth-order valence-electron chi connectivity index (χ4n) is 3.87. The fourth-order valence-corrected chi connectivity index (χ4v) is 3.87. The number of carbonyl (C=O) groups is 1. The Hall–Kier alpha value is -3.23. The van der Waals surface area contributed by atoms with Crippen LogP contribution in [0.4, 0.5) is 23.7 Å². The molecule has 6 nitrogen and oxygen atoms in total. The molecular formula is C24H27F3N4O2. The van der Waals surface area contributed by atoms with Gasteiger partial charge in [0.2, 0.25) is 0 Å². The second kappa shape index (κ2) is 8.61. The van der Waals surface area contributed by atoms with E-state index in [1.807, 2.05) is 43.9 Å². The van der Waals surface area contributed by atoms with Crippen molar-refractivity contribution in [1.29, 1.82) is 0 Å². The summed E-state index contributed by atoms with van der Waals surface area (Å²) in [5, 5.41) is 2.98. The highest BCUT2D eigenvalue weighted by atomic mass is 19.4. The Morgan fingerprint density at radius 2 is 1.76 bits per heavy atom. The van der Waals surface area contributed by atoms with Gasteiger partial charge in [0.05, 0.1) is 11.1 Å². The minimum atomic E-state index is -4.48. The normalized spacial score (nSPS) is 16.6. The van der Waals surface area contributed by atoms with Gasteiger partial charge in [-0.1, -0.05) is 12.1 Å². The first kappa shape index (κ1) is 22.9. The van der Waals surface area contributed by atoms with Crippen LogP contribution in [0, 0.1) is 0 Å². The van der Waals surface area contributed by atoms with Gasteiger partial charge in [0.1, 0.15) is 17.3 Å². The van der Waals surface area contributed by atoms with E-state index in [2.05, 4.69) is 10.3 Å². The number of amidine groups is 1. The molecule has 2 aromatic carbocycles. The number of amides is 2. The van der Waals surface area contributed by atoms with E-state index in [-0.39, 0.29) is 23.0 Å². The van der Waals surface area contributed by atoms with Crippen molar-refractivity contribution < 1.29 is 22.7 Å². The van der Waals surface area contributed by atoms with Crippen molar-refractivity contribution in [2.24, 2.45) is 4.99 Å². The number of benzene rings is 2. The molecule has 1 fully saturated rings. The molecule has 4 rings (SSSR count). The second-order valence-corrected chi connectivity index (χ2v) is 9.22. The van der Waals surface area contributed by atoms with E-state index in [1.54, 1.807) is 11.0 Å². The van der Waals surface area contributed by atoms with Crippen molar-refractivity contribution in [1.82, 2.24) is 15.1 Å². The summed E-state index contributed by atoms with van der Waals surface area (Å²) >= 11 is 0. The molecule has 0 radical (unpaired) electrons. The summed E-state index contributed by atoms with van der Waals surface area (Å²) in [6.45, 7) is 7.95. The standard InChI is InChI=1S/C24H27F3N4O2/c1-23(2,3)29-22(32)31-12-6-11-30(13-14-31)21-17-7-4-5-8-19(17)33-20-10-9-16(24(25,26)27)15-18(20)28-21/h4-5,7-10,15H,6,11-14H2,1-3H3,(H,29,32). The number of nitrogens with zero attached hydrogens (tertiary/aromatic N) is 3. The number of carbonyl (C=O) groups excluding carboxylic acids is 1. The summed E-state index contributed by atoms with van der Waals surface area (Å²) in [6, 6.07) is 10.5. The number of urea groups is 1. The Kier molecular flexibility index (Phi) is 5.99. The first-order valence-electron chi connectivity index (χ1n) is 10.9. The number of para-hydroxylation sites is 1. The number of fused-ring (bicyclic) bond motifs is 2. The summed E-state index contributed by atoms with van der Waals surface area (Å²) in [6.07, 6.45) is -3.78. The van der Waals surface area contributed by atoms with Crippen molar-refractivity contribution in [2.45, 2.75) is 38.9 Å². The molecule has 2 aliphatic heterocycles. The van der Waals surface area contributed by atoms with Crippen LogP contribution in [0.5, 0.6) is 11.5 Å². The van der Waals surface area contributed by atoms with Crippen LogP contribution in [0.1, 0.15) is 38.3 Å². The van der Waals surface area contributed by atoms with Gasteiger partial charge in [0.15, 0.2) is 5.75 Å². The van der Waals surface area contributed by atoms with Crippen LogP contribution >= 0.6 is 0 Å². The summed E-state index contributed by atoms with van der Waals surface area (Å²) in [5.41, 5.74) is -0.290. The van der Waals surface area contributed by atoms with E-state index in [0.717, 1.165) is 12.1 Å². The molecule has 0 saturated carbocycles. The zero-order chi connectivity index (χ0) is 23.8. The molecule has 0 aliphatic carbocycles. The largest absolute Gasteiger partial charge is 0.454 e. The Labute approximate surface area is 191 Å². The number of hydrogen-bond acceptors (Lipinski definition) is 4. The highest BCUT2D eigenvalue weighted by molar-refractivity contribution is 6.03. The number of halogens is 3. The number of alkyl halides is 3. The van der Waals surface area contributed by atoms with E-state index >= 15 is 0 Å². The Balaban J connectivity index is 1.67. The van der Waals surface area contributed by atoms with E-state index in [4.69, 9.17) is 4.74 Å². The van der Waals surface area contributed by atoms with E-state index in [0.29, 0.717) is 49.7 Å². The monoisotopic (exact) mass is 460 g/mol. The Bertz CT molecular complexity index is 1080. The third-order valence-electron chi connectivity index (χ3n) is 5.43. The quantitative estimate of drug-likeness (QED) is 0.572. The lowest BCUT2D eigenvalue weighted by Crippen LogP contribution is -2.49. The van der Waals surface area contributed by atoms with Crippen molar-refractivity contribution in [3.8, 4) is 11.5 Å². The van der Waals surface area contributed by atoms with Gasteiger partial charge in [-0.05, 0) is 57.5 Å². The van der Waals surface area contributed by atoms with Crippen LogP contribution < -0.4 is 10.1 Å². The molecule has 0 bridgehead atoms. The molecule has 2 heterocycles. The van der Waals surface area contributed by atoms with Crippen LogP contribution in [0.25, 0.3) is 0 Å². The maximum absolute atomic E-state index is 13.3. The zero-order valence-corrected chi connectivity index (χ0v) is 18.9. The molecule has 1 saturated heterocycles. The van der Waals surface area contributed by atoms with Crippen LogP contribution in [-0.2, 0) is 6.18 Å². The lowest BCUT2D eigenvalue weighted by molar-refractivity contribution is -0.137. The number of nitrogens with one attached hydrogen (secondary N) is 1. The van der Waals surface area contributed by atoms with E-state index < -0.39 is 11.7 Å². The Morgan fingerprint density at radius 3 is 2.48 bits per heavy atom. The third kappa shape index (κ3) is 5.23. The predicted octanol–water partition coefficient (Wildman–Crippen LogP) is 5.41. The average Bonchev–Trinajstić information content (AvgIpc) is 3.06. The van der Waals surface area contributed by atoms with Crippen LogP contribution in [0.3, 0.4) is 0 Å². The van der Waals surface area contributed by atoms with Gasteiger partial charge in [-0.15, -0.1) is 0 Å². The summed E-state index contributed by atoms with van der Waals surface area (Å²) in [5.74, 6) is 1.34. The molecule has 176 valence electrons. The first-order valence-corrected chi connectivity index (χ1v) is 10.9. The van der Waals surface area contributed by atoms with Gasteiger partial charge in [-0.25, -0.2) is 9.79 Å². The number of ether oxygens (including phenoxy) is 1. The SMILES string of the molecule is CC(C)(C)NC(=O)N1CCCN(C2=Nc3cc(C(F)(F)F)ccc3Oc3ccccc32)CC1. The summed E-state index contributed by atoms with van der Waals surface area (Å²) < 4.78 is 45.9. The lowest BCUT2D eigenvalue weighted by atomic mass is 10.1. The zero-order valence-electron chi connectivity index (χ0n) is 18.9. The minimum absolute atomic E-state index is 0.127. The average molecular weight is 461 g/mol. The van der Waals surface area contributed by atoms with Crippen molar-refractivity contribution in [2.75, 3.05) is 26.2 Å². The van der Waals surface area contributed by atoms with Crippen LogP contribution in [0.15, 0.2) is 47.5 Å². The maximum atomic E-state index is 13.3. The van der Waals surface area contributed by atoms with Gasteiger partial charge < -0.3 is 19.9 Å². The highest BCUT2D eigenvalue weighted by Crippen LogP contribution is 2.41. The van der Waals surface area contributed by atoms with Crippen LogP contribution in [-0.4, -0.2) is 53.4 Å². The molecule has 0 spiro atoms. The molecule has 0 atom stereocenters. The molecule has 1 N–H and O–H groups in total. The third-order valence-corrected chi connectivity index (χ3v) is 5.43. The molecule has 0 unspecified atom stereocenters. The molecule has 2 aliphatic rings. The molecular weight excluding hydrogens is 433 g/mol. The minimum Gasteiger partial charge on any atom is -0.454 e. The molecule has 0 aromatic heterocycles. The molecule has 2 aromatic rings. The molecule has 9 heteroatoms. The maximum Gasteiger partial charge on any atom is 0.416 e. The van der Waals surface area contributed by atoms with Crippen molar-refractivity contribution in [3.63, 3.8) is 0 Å². The number of hydrogen-bond donors (Lipinski definition) is 1. The predicted molar refractivity (Wildman–Crippen MR) is 120 cm³/mol. The van der Waals surface area contributed by atoms with Crippen molar-refractivity contribution >= 4 is 17.6 Å². The first-order chi connectivity index (χ1) is 15.5. The van der Waals surface area contributed by atoms with E-state index in [1.165, 1.54) is 6.07 Å².